The van der Waals surface area contributed by atoms with E-state index in [1.54, 1.807) is 0 Å². The van der Waals surface area contributed by atoms with Crippen molar-refractivity contribution in [3.63, 3.8) is 0 Å². The molecule has 1 unspecified atom stereocenters. The number of ether oxygens (including phenoxy) is 1. The molecule has 5 heteroatoms. The molecule has 0 saturated heterocycles. The van der Waals surface area contributed by atoms with Crippen LogP contribution in [0.5, 0.6) is 0 Å². The lowest BCUT2D eigenvalue weighted by molar-refractivity contribution is 0.00274. The summed E-state index contributed by atoms with van der Waals surface area (Å²) in [4.78, 5) is 9.12. The van der Waals surface area contributed by atoms with Gasteiger partial charge in [-0.2, -0.15) is 0 Å². The molecule has 3 aromatic rings. The maximum atomic E-state index is 5.96. The Bertz CT molecular complexity index is 844. The van der Waals surface area contributed by atoms with Crippen LogP contribution in [0.2, 0.25) is 0 Å². The maximum absolute atomic E-state index is 5.96. The molecule has 1 N–H and O–H groups in total. The third kappa shape index (κ3) is 3.62. The van der Waals surface area contributed by atoms with Crippen molar-refractivity contribution >= 4 is 0 Å². The molecule has 0 aliphatic carbocycles. The summed E-state index contributed by atoms with van der Waals surface area (Å²) in [6.45, 7) is 5.03. The number of fused-ring (bicyclic) bond motifs is 1. The van der Waals surface area contributed by atoms with E-state index in [1.165, 1.54) is 5.56 Å². The van der Waals surface area contributed by atoms with Gasteiger partial charge in [0.05, 0.1) is 24.0 Å². The van der Waals surface area contributed by atoms with Crippen molar-refractivity contribution in [3.8, 4) is 11.3 Å². The topological polar surface area (TPSA) is 52.0 Å². The highest BCUT2D eigenvalue weighted by Gasteiger charge is 2.21. The Morgan fingerprint density at radius 2 is 2.08 bits per heavy atom. The average Bonchev–Trinajstić information content (AvgIpc) is 3.07. The molecule has 0 bridgehead atoms. The molecule has 1 aliphatic heterocycles. The molecule has 5 nitrogen and oxygen atoms in total. The maximum Gasteiger partial charge on any atom is 0.135 e. The molecule has 0 spiro atoms. The fourth-order valence-electron chi connectivity index (χ4n) is 3.12. The number of aryl methyl sites for hydroxylation is 1. The molecule has 0 radical (unpaired) electrons. The van der Waals surface area contributed by atoms with E-state index >= 15 is 0 Å². The average molecular weight is 334 g/mol. The zero-order valence-electron chi connectivity index (χ0n) is 14.4. The van der Waals surface area contributed by atoms with Gasteiger partial charge in [0, 0.05) is 31.0 Å². The molecule has 0 saturated carbocycles. The number of hydrogen-bond acceptors (Lipinski definition) is 4. The zero-order chi connectivity index (χ0) is 17.1. The Morgan fingerprint density at radius 1 is 1.20 bits per heavy atom. The first kappa shape index (κ1) is 16.0. The summed E-state index contributed by atoms with van der Waals surface area (Å²) in [6.07, 6.45) is 4.11. The van der Waals surface area contributed by atoms with Crippen molar-refractivity contribution in [2.24, 2.45) is 0 Å². The zero-order valence-corrected chi connectivity index (χ0v) is 14.4. The predicted octanol–water partition coefficient (Wildman–Crippen LogP) is 2.94. The van der Waals surface area contributed by atoms with Gasteiger partial charge < -0.3 is 14.6 Å². The number of benzene rings is 1. The Labute approximate surface area is 147 Å². The normalized spacial score (nSPS) is 16.6. The number of rotatable bonds is 5. The number of pyridine rings is 1. The molecule has 0 fully saturated rings. The van der Waals surface area contributed by atoms with Gasteiger partial charge in [-0.1, -0.05) is 36.4 Å². The molecule has 1 aliphatic rings. The van der Waals surface area contributed by atoms with Crippen LogP contribution in [0.4, 0.5) is 0 Å². The van der Waals surface area contributed by atoms with Gasteiger partial charge in [-0.15, -0.1) is 0 Å². The van der Waals surface area contributed by atoms with Crippen LogP contribution in [0.3, 0.4) is 0 Å². The van der Waals surface area contributed by atoms with E-state index in [1.807, 2.05) is 30.5 Å². The van der Waals surface area contributed by atoms with Crippen LogP contribution >= 0.6 is 0 Å². The first-order valence-electron chi connectivity index (χ1n) is 8.64. The SMILES string of the molecule is Cc1cccnc1CNCC1Cn2cc(-c3ccccc3)nc2CO1. The molecule has 4 rings (SSSR count). The summed E-state index contributed by atoms with van der Waals surface area (Å²) < 4.78 is 8.17. The Morgan fingerprint density at radius 3 is 2.92 bits per heavy atom. The smallest absolute Gasteiger partial charge is 0.135 e. The highest BCUT2D eigenvalue weighted by molar-refractivity contribution is 5.58. The van der Waals surface area contributed by atoms with Crippen LogP contribution in [-0.4, -0.2) is 27.2 Å². The van der Waals surface area contributed by atoms with E-state index in [4.69, 9.17) is 9.72 Å². The van der Waals surface area contributed by atoms with Gasteiger partial charge in [0.1, 0.15) is 12.4 Å². The number of nitrogens with one attached hydrogen (secondary N) is 1. The summed E-state index contributed by atoms with van der Waals surface area (Å²) in [6, 6.07) is 14.3. The minimum atomic E-state index is 0.148. The van der Waals surface area contributed by atoms with Gasteiger partial charge in [-0.25, -0.2) is 4.98 Å². The lowest BCUT2D eigenvalue weighted by Gasteiger charge is -2.24. The summed E-state index contributed by atoms with van der Waals surface area (Å²) >= 11 is 0. The fourth-order valence-corrected chi connectivity index (χ4v) is 3.12. The van der Waals surface area contributed by atoms with Crippen LogP contribution in [-0.2, 0) is 24.4 Å². The number of aromatic nitrogens is 3. The molecule has 0 amide bonds. The van der Waals surface area contributed by atoms with Gasteiger partial charge in [0.15, 0.2) is 0 Å². The number of nitrogens with zero attached hydrogens (tertiary/aromatic N) is 3. The fraction of sp³-hybridized carbons (Fsp3) is 0.300. The van der Waals surface area contributed by atoms with Crippen molar-refractivity contribution in [3.05, 3.63) is 71.9 Å². The molecule has 1 atom stereocenters. The molecular formula is C20H22N4O. The van der Waals surface area contributed by atoms with Gasteiger partial charge in [-0.3, -0.25) is 4.98 Å². The van der Waals surface area contributed by atoms with E-state index in [2.05, 4.69) is 46.2 Å². The third-order valence-electron chi connectivity index (χ3n) is 4.56. The van der Waals surface area contributed by atoms with Gasteiger partial charge in [-0.05, 0) is 18.6 Å². The molecule has 3 heterocycles. The van der Waals surface area contributed by atoms with Crippen LogP contribution in [0.1, 0.15) is 17.1 Å². The second-order valence-corrected chi connectivity index (χ2v) is 6.39. The minimum absolute atomic E-state index is 0.148. The molecule has 128 valence electrons. The lowest BCUT2D eigenvalue weighted by atomic mass is 10.2. The van der Waals surface area contributed by atoms with E-state index in [0.29, 0.717) is 6.61 Å². The van der Waals surface area contributed by atoms with Crippen molar-refractivity contribution in [2.75, 3.05) is 6.54 Å². The Hall–Kier alpha value is -2.50. The highest BCUT2D eigenvalue weighted by atomic mass is 16.5. The third-order valence-corrected chi connectivity index (χ3v) is 4.56. The van der Waals surface area contributed by atoms with Gasteiger partial charge in [0.2, 0.25) is 0 Å². The number of hydrogen-bond donors (Lipinski definition) is 1. The molecule has 2 aromatic heterocycles. The van der Waals surface area contributed by atoms with Gasteiger partial charge in [0.25, 0.3) is 0 Å². The van der Waals surface area contributed by atoms with E-state index in [0.717, 1.165) is 42.4 Å². The standard InChI is InChI=1S/C20H22N4O/c1-15-6-5-9-22-18(15)11-21-10-17-12-24-13-19(23-20(24)14-25-17)16-7-3-2-4-8-16/h2-9,13,17,21H,10-12,14H2,1H3. The lowest BCUT2D eigenvalue weighted by Crippen LogP contribution is -2.36. The Balaban J connectivity index is 1.37. The van der Waals surface area contributed by atoms with E-state index in [9.17, 15) is 0 Å². The van der Waals surface area contributed by atoms with Crippen LogP contribution in [0.15, 0.2) is 54.9 Å². The summed E-state index contributed by atoms with van der Waals surface area (Å²) in [7, 11) is 0. The van der Waals surface area contributed by atoms with Crippen molar-refractivity contribution in [1.82, 2.24) is 19.9 Å². The molecule has 25 heavy (non-hydrogen) atoms. The Kier molecular flexibility index (Phi) is 4.59. The molecule has 1 aromatic carbocycles. The summed E-state index contributed by atoms with van der Waals surface area (Å²) in [5.41, 5.74) is 4.46. The second-order valence-electron chi connectivity index (χ2n) is 6.39. The van der Waals surface area contributed by atoms with Crippen molar-refractivity contribution < 1.29 is 4.74 Å². The van der Waals surface area contributed by atoms with Crippen molar-refractivity contribution in [1.29, 1.82) is 0 Å². The predicted molar refractivity (Wildman–Crippen MR) is 96.9 cm³/mol. The van der Waals surface area contributed by atoms with Crippen LogP contribution in [0, 0.1) is 6.92 Å². The van der Waals surface area contributed by atoms with E-state index < -0.39 is 0 Å². The first-order valence-corrected chi connectivity index (χ1v) is 8.64. The molecular weight excluding hydrogens is 312 g/mol. The monoisotopic (exact) mass is 334 g/mol. The van der Waals surface area contributed by atoms with Gasteiger partial charge >= 0.3 is 0 Å². The summed E-state index contributed by atoms with van der Waals surface area (Å²) in [5, 5.41) is 3.46. The van der Waals surface area contributed by atoms with Crippen LogP contribution in [0.25, 0.3) is 11.3 Å². The van der Waals surface area contributed by atoms with E-state index in [-0.39, 0.29) is 6.10 Å². The first-order chi connectivity index (χ1) is 12.3. The number of imidazole rings is 1. The van der Waals surface area contributed by atoms with Crippen LogP contribution < -0.4 is 5.32 Å². The second kappa shape index (κ2) is 7.17. The largest absolute Gasteiger partial charge is 0.367 e. The van der Waals surface area contributed by atoms with Crippen molar-refractivity contribution in [2.45, 2.75) is 32.7 Å². The summed E-state index contributed by atoms with van der Waals surface area (Å²) in [5.74, 6) is 0.996. The quantitative estimate of drug-likeness (QED) is 0.779. The highest BCUT2D eigenvalue weighted by Crippen LogP contribution is 2.21. The minimum Gasteiger partial charge on any atom is -0.367 e.